The number of hydrogen-bond donors (Lipinski definition) is 2. The number of nitrogens with two attached hydrogens (primary N) is 1. The summed E-state index contributed by atoms with van der Waals surface area (Å²) >= 11 is 0. The third kappa shape index (κ3) is 2.75. The number of hydrogen-bond acceptors (Lipinski definition) is 3. The van der Waals surface area contributed by atoms with Gasteiger partial charge in [0, 0.05) is 11.8 Å². The second kappa shape index (κ2) is 5.03. The lowest BCUT2D eigenvalue weighted by Crippen LogP contribution is -2.11. The molecule has 17 heavy (non-hydrogen) atoms. The van der Waals surface area contributed by atoms with Crippen LogP contribution >= 0.6 is 0 Å². The predicted molar refractivity (Wildman–Crippen MR) is 66.7 cm³/mol. The van der Waals surface area contributed by atoms with E-state index < -0.39 is 0 Å². The summed E-state index contributed by atoms with van der Waals surface area (Å²) in [4.78, 5) is 0. The molecule has 0 spiro atoms. The molecule has 0 saturated carbocycles. The van der Waals surface area contributed by atoms with Gasteiger partial charge in [0.15, 0.2) is 0 Å². The summed E-state index contributed by atoms with van der Waals surface area (Å²) in [6.07, 6.45) is 6.81. The fraction of sp³-hybridized carbons (Fsp3) is 0. The van der Waals surface area contributed by atoms with Crippen LogP contribution in [0.25, 0.3) is 12.2 Å². The Morgan fingerprint density at radius 3 is 2.59 bits per heavy atom. The number of rotatable bonds is 2. The van der Waals surface area contributed by atoms with Crippen molar-refractivity contribution < 1.29 is 5.21 Å². The van der Waals surface area contributed by atoms with Gasteiger partial charge in [0.25, 0.3) is 0 Å². The molecule has 0 aliphatic heterocycles. The van der Waals surface area contributed by atoms with Crippen molar-refractivity contribution in [1.82, 2.24) is 4.73 Å². The van der Waals surface area contributed by atoms with Crippen molar-refractivity contribution in [2.24, 2.45) is 10.9 Å². The van der Waals surface area contributed by atoms with Gasteiger partial charge in [0.05, 0.1) is 11.6 Å². The summed E-state index contributed by atoms with van der Waals surface area (Å²) in [6.45, 7) is 0. The van der Waals surface area contributed by atoms with Crippen LogP contribution in [0, 0.1) is 0 Å². The van der Waals surface area contributed by atoms with Gasteiger partial charge in [-0.15, -0.1) is 0 Å². The summed E-state index contributed by atoms with van der Waals surface area (Å²) in [5.41, 5.74) is 1.82. The number of nitrogens with zero attached hydrogens (tertiary/aromatic N) is 2. The van der Waals surface area contributed by atoms with Crippen molar-refractivity contribution in [1.29, 1.82) is 0 Å². The van der Waals surface area contributed by atoms with Gasteiger partial charge in [-0.2, -0.15) is 5.10 Å². The van der Waals surface area contributed by atoms with Crippen molar-refractivity contribution in [3.63, 3.8) is 0 Å². The third-order valence-electron chi connectivity index (χ3n) is 2.35. The lowest BCUT2D eigenvalue weighted by atomic mass is 10.1. The van der Waals surface area contributed by atoms with E-state index in [1.165, 1.54) is 6.20 Å². The van der Waals surface area contributed by atoms with Crippen LogP contribution in [-0.2, 0) is 0 Å². The SMILES string of the molecule is NN=c1ccn(O)cc1/C=C/c1ccccc1. The largest absolute Gasteiger partial charge is 0.429 e. The molecule has 0 amide bonds. The summed E-state index contributed by atoms with van der Waals surface area (Å²) < 4.78 is 0.972. The van der Waals surface area contributed by atoms with Crippen LogP contribution in [0.15, 0.2) is 53.9 Å². The molecule has 1 aromatic carbocycles. The molecule has 4 heteroatoms. The van der Waals surface area contributed by atoms with E-state index in [0.717, 1.165) is 15.9 Å². The number of pyridine rings is 1. The first-order chi connectivity index (χ1) is 8.29. The van der Waals surface area contributed by atoms with Gasteiger partial charge in [0.1, 0.15) is 0 Å². The van der Waals surface area contributed by atoms with E-state index in [2.05, 4.69) is 5.10 Å². The predicted octanol–water partition coefficient (Wildman–Crippen LogP) is 1.67. The van der Waals surface area contributed by atoms with Gasteiger partial charge < -0.3 is 11.0 Å². The van der Waals surface area contributed by atoms with Crippen molar-refractivity contribution >= 4 is 12.2 Å². The minimum Gasteiger partial charge on any atom is -0.429 e. The fourth-order valence-corrected chi connectivity index (χ4v) is 1.49. The second-order valence-electron chi connectivity index (χ2n) is 3.54. The van der Waals surface area contributed by atoms with E-state index in [9.17, 15) is 5.21 Å². The van der Waals surface area contributed by atoms with Crippen LogP contribution < -0.4 is 11.2 Å². The standard InChI is InChI=1S/C13H13N3O/c14-15-13-8-9-16(17)10-12(13)7-6-11-4-2-1-3-5-11/h1-10,17H,14H2/b7-6+,15-13?. The lowest BCUT2D eigenvalue weighted by Gasteiger charge is -1.99. The molecule has 2 rings (SSSR count). The highest BCUT2D eigenvalue weighted by Crippen LogP contribution is 2.04. The zero-order valence-electron chi connectivity index (χ0n) is 9.19. The Bertz CT molecular complexity index is 585. The van der Waals surface area contributed by atoms with E-state index in [-0.39, 0.29) is 0 Å². The van der Waals surface area contributed by atoms with Crippen LogP contribution in [0.3, 0.4) is 0 Å². The maximum absolute atomic E-state index is 9.33. The molecule has 0 aliphatic carbocycles. The van der Waals surface area contributed by atoms with Gasteiger partial charge in [0.2, 0.25) is 0 Å². The summed E-state index contributed by atoms with van der Waals surface area (Å²) in [5.74, 6) is 5.27. The summed E-state index contributed by atoms with van der Waals surface area (Å²) in [6, 6.07) is 11.5. The van der Waals surface area contributed by atoms with Crippen LogP contribution in [-0.4, -0.2) is 9.94 Å². The third-order valence-corrected chi connectivity index (χ3v) is 2.35. The van der Waals surface area contributed by atoms with Crippen LogP contribution in [0.2, 0.25) is 0 Å². The van der Waals surface area contributed by atoms with Gasteiger partial charge in [-0.1, -0.05) is 42.5 Å². The monoisotopic (exact) mass is 227 g/mol. The Morgan fingerprint density at radius 1 is 1.12 bits per heavy atom. The maximum atomic E-state index is 9.33. The zero-order valence-corrected chi connectivity index (χ0v) is 9.19. The minimum absolute atomic E-state index is 0.627. The first-order valence-electron chi connectivity index (χ1n) is 5.18. The smallest absolute Gasteiger partial charge is 0.0930 e. The van der Waals surface area contributed by atoms with E-state index in [1.807, 2.05) is 42.5 Å². The number of aromatic nitrogens is 1. The van der Waals surface area contributed by atoms with Crippen molar-refractivity contribution in [3.8, 4) is 0 Å². The Labute approximate surface area is 98.9 Å². The van der Waals surface area contributed by atoms with Crippen LogP contribution in [0.1, 0.15) is 11.1 Å². The molecule has 1 heterocycles. The fourth-order valence-electron chi connectivity index (χ4n) is 1.49. The summed E-state index contributed by atoms with van der Waals surface area (Å²) in [5, 5.41) is 13.6. The van der Waals surface area contributed by atoms with E-state index in [1.54, 1.807) is 12.3 Å². The molecule has 0 fully saturated rings. The Morgan fingerprint density at radius 2 is 1.88 bits per heavy atom. The quantitative estimate of drug-likeness (QED) is 0.465. The topological polar surface area (TPSA) is 63.5 Å². The average Bonchev–Trinajstić information content (AvgIpc) is 2.38. The highest BCUT2D eigenvalue weighted by molar-refractivity contribution is 5.68. The van der Waals surface area contributed by atoms with E-state index in [0.29, 0.717) is 5.36 Å². The Balaban J connectivity index is 2.36. The van der Waals surface area contributed by atoms with Crippen molar-refractivity contribution in [3.05, 3.63) is 65.3 Å². The molecule has 0 atom stereocenters. The molecule has 0 radical (unpaired) electrons. The van der Waals surface area contributed by atoms with E-state index >= 15 is 0 Å². The zero-order chi connectivity index (χ0) is 12.1. The van der Waals surface area contributed by atoms with E-state index in [4.69, 9.17) is 5.84 Å². The number of benzene rings is 1. The molecule has 86 valence electrons. The lowest BCUT2D eigenvalue weighted by molar-refractivity contribution is 0.184. The van der Waals surface area contributed by atoms with Gasteiger partial charge in [-0.3, -0.25) is 0 Å². The van der Waals surface area contributed by atoms with Crippen LogP contribution in [0.5, 0.6) is 0 Å². The summed E-state index contributed by atoms with van der Waals surface area (Å²) in [7, 11) is 0. The van der Waals surface area contributed by atoms with Crippen molar-refractivity contribution in [2.45, 2.75) is 0 Å². The van der Waals surface area contributed by atoms with Crippen LogP contribution in [0.4, 0.5) is 0 Å². The molecular weight excluding hydrogens is 214 g/mol. The molecule has 4 nitrogen and oxygen atoms in total. The molecule has 0 unspecified atom stereocenters. The van der Waals surface area contributed by atoms with Gasteiger partial charge in [-0.25, -0.2) is 4.73 Å². The molecule has 3 N–H and O–H groups in total. The molecule has 0 saturated heterocycles. The first kappa shape index (κ1) is 11.0. The second-order valence-corrected chi connectivity index (χ2v) is 3.54. The Kier molecular flexibility index (Phi) is 3.25. The maximum Gasteiger partial charge on any atom is 0.0930 e. The minimum atomic E-state index is 0.627. The highest BCUT2D eigenvalue weighted by Gasteiger charge is 1.93. The van der Waals surface area contributed by atoms with Gasteiger partial charge in [-0.05, 0) is 11.6 Å². The molecular formula is C13H13N3O. The molecule has 1 aromatic heterocycles. The van der Waals surface area contributed by atoms with Crippen molar-refractivity contribution in [2.75, 3.05) is 0 Å². The molecule has 0 bridgehead atoms. The molecule has 2 aromatic rings. The highest BCUT2D eigenvalue weighted by atomic mass is 16.5. The first-order valence-corrected chi connectivity index (χ1v) is 5.18. The Hall–Kier alpha value is -2.49. The van der Waals surface area contributed by atoms with Gasteiger partial charge >= 0.3 is 0 Å². The average molecular weight is 227 g/mol. The normalized spacial score (nSPS) is 12.1. The molecule has 0 aliphatic rings.